The summed E-state index contributed by atoms with van der Waals surface area (Å²) >= 11 is 0. The van der Waals surface area contributed by atoms with Crippen molar-refractivity contribution in [2.24, 2.45) is 10.9 Å². The van der Waals surface area contributed by atoms with Crippen LogP contribution in [0.1, 0.15) is 37.8 Å². The summed E-state index contributed by atoms with van der Waals surface area (Å²) in [7, 11) is 1.80. The first kappa shape index (κ1) is 26.9. The molecule has 2 aliphatic heterocycles. The molecule has 32 heavy (non-hydrogen) atoms. The number of carbonyl (C=O) groups excluding carboxylic acids is 1. The normalized spacial score (nSPS) is 18.0. The smallest absolute Gasteiger partial charge is 0.222 e. The topological polar surface area (TPSA) is 69.2 Å². The number of amides is 1. The van der Waals surface area contributed by atoms with Crippen LogP contribution in [0.25, 0.3) is 0 Å². The van der Waals surface area contributed by atoms with Gasteiger partial charge in [0.1, 0.15) is 0 Å². The number of nitrogens with one attached hydrogen (secondary N) is 2. The number of morpholine rings is 1. The maximum Gasteiger partial charge on any atom is 0.222 e. The van der Waals surface area contributed by atoms with Crippen LogP contribution in [0.2, 0.25) is 0 Å². The number of fused-ring (bicyclic) bond motifs is 1. The number of rotatable bonds is 8. The monoisotopic (exact) mass is 557 g/mol. The van der Waals surface area contributed by atoms with Crippen LogP contribution in [0.5, 0.6) is 0 Å². The van der Waals surface area contributed by atoms with Crippen LogP contribution < -0.4 is 10.6 Å². The van der Waals surface area contributed by atoms with Crippen LogP contribution in [-0.2, 0) is 22.5 Å². The van der Waals surface area contributed by atoms with Crippen LogP contribution >= 0.6 is 24.0 Å². The molecule has 0 saturated carbocycles. The summed E-state index contributed by atoms with van der Waals surface area (Å²) in [5.74, 6) is 1.60. The Bertz CT molecular complexity index is 737. The fraction of sp³-hybridized carbons (Fsp3) is 0.667. The molecule has 0 aliphatic carbocycles. The van der Waals surface area contributed by atoms with E-state index < -0.39 is 0 Å². The lowest BCUT2D eigenvalue weighted by Crippen LogP contribution is -2.52. The van der Waals surface area contributed by atoms with Gasteiger partial charge in [-0.25, -0.2) is 0 Å². The fourth-order valence-corrected chi connectivity index (χ4v) is 4.43. The van der Waals surface area contributed by atoms with Gasteiger partial charge in [0.2, 0.25) is 5.91 Å². The summed E-state index contributed by atoms with van der Waals surface area (Å²) < 4.78 is 5.49. The van der Waals surface area contributed by atoms with E-state index in [0.717, 1.165) is 71.3 Å². The highest BCUT2D eigenvalue weighted by atomic mass is 127. The summed E-state index contributed by atoms with van der Waals surface area (Å²) in [6.45, 7) is 11.3. The molecule has 1 aromatic carbocycles. The van der Waals surface area contributed by atoms with E-state index in [9.17, 15) is 4.79 Å². The molecule has 1 aromatic rings. The Morgan fingerprint density at radius 1 is 1.12 bits per heavy atom. The Balaban J connectivity index is 0.00000363. The van der Waals surface area contributed by atoms with Crippen LogP contribution in [-0.4, -0.2) is 80.7 Å². The molecule has 0 aromatic heterocycles. The average molecular weight is 558 g/mol. The zero-order chi connectivity index (χ0) is 22.1. The molecule has 1 saturated heterocycles. The van der Waals surface area contributed by atoms with E-state index in [1.807, 2.05) is 4.90 Å². The van der Waals surface area contributed by atoms with Crippen molar-refractivity contribution in [2.45, 2.75) is 45.7 Å². The van der Waals surface area contributed by atoms with Gasteiger partial charge in [-0.2, -0.15) is 0 Å². The van der Waals surface area contributed by atoms with Gasteiger partial charge >= 0.3 is 0 Å². The van der Waals surface area contributed by atoms with Gasteiger partial charge < -0.3 is 20.3 Å². The average Bonchev–Trinajstić information content (AvgIpc) is 2.80. The fourth-order valence-electron chi connectivity index (χ4n) is 4.43. The molecule has 0 bridgehead atoms. The van der Waals surface area contributed by atoms with Gasteiger partial charge in [-0.15, -0.1) is 24.0 Å². The molecule has 8 heteroatoms. The Morgan fingerprint density at radius 2 is 1.84 bits per heavy atom. The third-order valence-corrected chi connectivity index (χ3v) is 6.33. The van der Waals surface area contributed by atoms with E-state index in [0.29, 0.717) is 18.4 Å². The molecule has 3 rings (SSSR count). The molecular formula is C24H40IN5O2. The van der Waals surface area contributed by atoms with Crippen molar-refractivity contribution < 1.29 is 9.53 Å². The minimum atomic E-state index is 0. The number of hydrogen-bond acceptors (Lipinski definition) is 4. The molecular weight excluding hydrogens is 517 g/mol. The van der Waals surface area contributed by atoms with Gasteiger partial charge in [0, 0.05) is 58.8 Å². The van der Waals surface area contributed by atoms with Gasteiger partial charge in [-0.05, 0) is 29.9 Å². The second-order valence-corrected chi connectivity index (χ2v) is 8.78. The third-order valence-electron chi connectivity index (χ3n) is 6.33. The van der Waals surface area contributed by atoms with Crippen molar-refractivity contribution in [2.75, 3.05) is 53.0 Å². The summed E-state index contributed by atoms with van der Waals surface area (Å²) in [6.07, 6.45) is 2.32. The quantitative estimate of drug-likeness (QED) is 0.223. The third kappa shape index (κ3) is 7.88. The summed E-state index contributed by atoms with van der Waals surface area (Å²) in [4.78, 5) is 21.5. The number of guanidine groups is 1. The highest BCUT2D eigenvalue weighted by Gasteiger charge is 2.24. The summed E-state index contributed by atoms with van der Waals surface area (Å²) in [5.41, 5.74) is 2.66. The first-order valence-electron chi connectivity index (χ1n) is 11.7. The SMILES string of the molecule is CN=C(NCCCC(=O)N1CCc2ccccc2C1)NCC(C(C)C)N1CCOCC1.I. The Kier molecular flexibility index (Phi) is 11.7. The predicted molar refractivity (Wildman–Crippen MR) is 141 cm³/mol. The highest BCUT2D eigenvalue weighted by molar-refractivity contribution is 14.0. The standard InChI is InChI=1S/C24H39N5O2.HI/c1-19(2)22(28-13-15-31-16-14-28)17-27-24(25-3)26-11-6-9-23(30)29-12-10-20-7-4-5-8-21(20)18-29;/h4-5,7-8,19,22H,6,9-18H2,1-3H3,(H2,25,26,27);1H. The minimum absolute atomic E-state index is 0. The molecule has 180 valence electrons. The number of aliphatic imine (C=N–C) groups is 1. The van der Waals surface area contributed by atoms with Crippen molar-refractivity contribution >= 4 is 35.8 Å². The first-order valence-corrected chi connectivity index (χ1v) is 11.7. The van der Waals surface area contributed by atoms with Gasteiger partial charge in [0.15, 0.2) is 5.96 Å². The second kappa shape index (κ2) is 14.0. The number of halogens is 1. The van der Waals surface area contributed by atoms with Gasteiger partial charge in [0.05, 0.1) is 13.2 Å². The molecule has 0 radical (unpaired) electrons. The lowest BCUT2D eigenvalue weighted by molar-refractivity contribution is -0.132. The molecule has 2 N–H and O–H groups in total. The minimum Gasteiger partial charge on any atom is -0.379 e. The van der Waals surface area contributed by atoms with Crippen LogP contribution in [0.15, 0.2) is 29.3 Å². The van der Waals surface area contributed by atoms with Crippen molar-refractivity contribution in [1.29, 1.82) is 0 Å². The van der Waals surface area contributed by atoms with Crippen LogP contribution in [0.4, 0.5) is 0 Å². The van der Waals surface area contributed by atoms with E-state index in [2.05, 4.69) is 58.6 Å². The zero-order valence-corrected chi connectivity index (χ0v) is 22.1. The Morgan fingerprint density at radius 3 is 2.53 bits per heavy atom. The largest absolute Gasteiger partial charge is 0.379 e. The Hall–Kier alpha value is -1.39. The number of nitrogens with zero attached hydrogens (tertiary/aromatic N) is 3. The van der Waals surface area contributed by atoms with E-state index >= 15 is 0 Å². The van der Waals surface area contributed by atoms with E-state index in [1.54, 1.807) is 7.05 Å². The molecule has 1 unspecified atom stereocenters. The summed E-state index contributed by atoms with van der Waals surface area (Å²) in [6, 6.07) is 8.88. The number of ether oxygens (including phenoxy) is 1. The molecule has 7 nitrogen and oxygen atoms in total. The van der Waals surface area contributed by atoms with E-state index in [1.165, 1.54) is 11.1 Å². The van der Waals surface area contributed by atoms with Gasteiger partial charge in [0.25, 0.3) is 0 Å². The molecule has 1 atom stereocenters. The molecule has 2 aliphatic rings. The molecule has 1 amide bonds. The molecule has 0 spiro atoms. The van der Waals surface area contributed by atoms with Gasteiger partial charge in [-0.3, -0.25) is 14.7 Å². The Labute approximate surface area is 210 Å². The van der Waals surface area contributed by atoms with Crippen molar-refractivity contribution in [3.63, 3.8) is 0 Å². The van der Waals surface area contributed by atoms with Crippen molar-refractivity contribution in [3.05, 3.63) is 35.4 Å². The maximum atomic E-state index is 12.6. The molecule has 2 heterocycles. The lowest BCUT2D eigenvalue weighted by atomic mass is 9.99. The van der Waals surface area contributed by atoms with Gasteiger partial charge in [-0.1, -0.05) is 38.1 Å². The number of benzene rings is 1. The maximum absolute atomic E-state index is 12.6. The van der Waals surface area contributed by atoms with Crippen LogP contribution in [0, 0.1) is 5.92 Å². The summed E-state index contributed by atoms with van der Waals surface area (Å²) in [5, 5.41) is 6.84. The van der Waals surface area contributed by atoms with E-state index in [-0.39, 0.29) is 29.9 Å². The second-order valence-electron chi connectivity index (χ2n) is 8.78. The highest BCUT2D eigenvalue weighted by Crippen LogP contribution is 2.19. The van der Waals surface area contributed by atoms with Crippen molar-refractivity contribution in [3.8, 4) is 0 Å². The zero-order valence-electron chi connectivity index (χ0n) is 19.8. The van der Waals surface area contributed by atoms with Crippen LogP contribution in [0.3, 0.4) is 0 Å². The van der Waals surface area contributed by atoms with Crippen molar-refractivity contribution in [1.82, 2.24) is 20.4 Å². The predicted octanol–water partition coefficient (Wildman–Crippen LogP) is 2.49. The van der Waals surface area contributed by atoms with E-state index in [4.69, 9.17) is 4.74 Å². The first-order chi connectivity index (χ1) is 15.1. The number of carbonyl (C=O) groups is 1. The number of hydrogen-bond donors (Lipinski definition) is 2. The molecule has 1 fully saturated rings. The lowest BCUT2D eigenvalue weighted by Gasteiger charge is -2.37.